The molecule has 1 aliphatic rings. The number of non-ortho nitro benzene ring substituents is 1. The van der Waals surface area contributed by atoms with Gasteiger partial charge in [0.05, 0.1) is 18.1 Å². The first-order valence-corrected chi connectivity index (χ1v) is 7.34. The number of para-hydroxylation sites is 1. The van der Waals surface area contributed by atoms with Crippen LogP contribution in [-0.2, 0) is 15.1 Å². The van der Waals surface area contributed by atoms with Crippen LogP contribution < -0.4 is 4.90 Å². The number of esters is 1. The van der Waals surface area contributed by atoms with Gasteiger partial charge in [-0.2, -0.15) is 0 Å². The molecule has 0 aliphatic carbocycles. The fourth-order valence-electron chi connectivity index (χ4n) is 2.76. The Bertz CT molecular complexity index is 730. The highest BCUT2D eigenvalue weighted by molar-refractivity contribution is 5.93. The van der Waals surface area contributed by atoms with Gasteiger partial charge in [0, 0.05) is 17.8 Å². The molecule has 6 heteroatoms. The third-order valence-electron chi connectivity index (χ3n) is 3.98. The minimum atomic E-state index is -0.896. The largest absolute Gasteiger partial charge is 0.464 e. The van der Waals surface area contributed by atoms with Crippen molar-refractivity contribution in [2.75, 3.05) is 18.1 Å². The number of hydrogen-bond donors (Lipinski definition) is 0. The van der Waals surface area contributed by atoms with E-state index in [2.05, 4.69) is 0 Å². The van der Waals surface area contributed by atoms with Crippen LogP contribution in [0.25, 0.3) is 0 Å². The third kappa shape index (κ3) is 2.52. The minimum Gasteiger partial charge on any atom is -0.464 e. The van der Waals surface area contributed by atoms with Gasteiger partial charge in [-0.15, -0.1) is 0 Å². The summed E-state index contributed by atoms with van der Waals surface area (Å²) in [5, 5.41) is 10.8. The molecular formula is C17H16N2O4. The molecule has 23 heavy (non-hydrogen) atoms. The van der Waals surface area contributed by atoms with Crippen molar-refractivity contribution in [2.24, 2.45) is 0 Å². The summed E-state index contributed by atoms with van der Waals surface area (Å²) in [6, 6.07) is 15.6. The smallest absolute Gasteiger partial charge is 0.338 e. The van der Waals surface area contributed by atoms with Gasteiger partial charge in [0.25, 0.3) is 5.69 Å². The third-order valence-corrected chi connectivity index (χ3v) is 3.98. The van der Waals surface area contributed by atoms with Gasteiger partial charge < -0.3 is 9.64 Å². The lowest BCUT2D eigenvalue weighted by Gasteiger charge is -2.17. The number of hydrogen-bond acceptors (Lipinski definition) is 5. The van der Waals surface area contributed by atoms with Gasteiger partial charge in [0.2, 0.25) is 0 Å². The Morgan fingerprint density at radius 1 is 1.22 bits per heavy atom. The van der Waals surface area contributed by atoms with Gasteiger partial charge >= 0.3 is 5.97 Å². The number of anilines is 1. The van der Waals surface area contributed by atoms with Crippen LogP contribution in [0.5, 0.6) is 0 Å². The number of nitrogens with zero attached hydrogens (tertiary/aromatic N) is 2. The van der Waals surface area contributed by atoms with Crippen LogP contribution in [0.2, 0.25) is 0 Å². The van der Waals surface area contributed by atoms with E-state index in [0.29, 0.717) is 12.1 Å². The van der Waals surface area contributed by atoms with Crippen molar-refractivity contribution in [2.45, 2.75) is 12.5 Å². The summed E-state index contributed by atoms with van der Waals surface area (Å²) < 4.78 is 5.24. The summed E-state index contributed by atoms with van der Waals surface area (Å²) in [4.78, 5) is 24.8. The van der Waals surface area contributed by atoms with E-state index in [1.807, 2.05) is 35.2 Å². The molecule has 1 heterocycles. The van der Waals surface area contributed by atoms with Crippen molar-refractivity contribution >= 4 is 17.3 Å². The predicted octanol–water partition coefficient (Wildman–Crippen LogP) is 2.87. The molecule has 1 saturated heterocycles. The van der Waals surface area contributed by atoms with Crippen molar-refractivity contribution in [1.29, 1.82) is 0 Å². The number of ether oxygens (including phenoxy) is 1. The SMILES string of the molecule is CCOC(=O)C1(c2ccc([N+](=O)[O-])cc2)CN1c1ccccc1. The maximum absolute atomic E-state index is 12.5. The molecule has 118 valence electrons. The number of nitro benzene ring substituents is 1. The van der Waals surface area contributed by atoms with Crippen molar-refractivity contribution in [3.05, 3.63) is 70.3 Å². The fraction of sp³-hybridized carbons (Fsp3) is 0.235. The van der Waals surface area contributed by atoms with E-state index in [1.165, 1.54) is 12.1 Å². The summed E-state index contributed by atoms with van der Waals surface area (Å²) in [5.74, 6) is -0.335. The van der Waals surface area contributed by atoms with Crippen LogP contribution >= 0.6 is 0 Å². The molecule has 1 atom stereocenters. The summed E-state index contributed by atoms with van der Waals surface area (Å²) in [7, 11) is 0. The molecule has 0 amide bonds. The van der Waals surface area contributed by atoms with Crippen molar-refractivity contribution in [3.8, 4) is 0 Å². The Morgan fingerprint density at radius 3 is 2.43 bits per heavy atom. The molecule has 2 aromatic rings. The van der Waals surface area contributed by atoms with Gasteiger partial charge in [-0.1, -0.05) is 18.2 Å². The average Bonchev–Trinajstić information content (AvgIpc) is 3.33. The van der Waals surface area contributed by atoms with E-state index in [0.717, 1.165) is 5.69 Å². The first-order valence-electron chi connectivity index (χ1n) is 7.34. The number of nitro groups is 1. The number of carbonyl (C=O) groups excluding carboxylic acids is 1. The highest BCUT2D eigenvalue weighted by Crippen LogP contribution is 2.47. The Balaban J connectivity index is 1.98. The molecule has 1 aliphatic heterocycles. The summed E-state index contributed by atoms with van der Waals surface area (Å²) in [5.41, 5.74) is 0.718. The lowest BCUT2D eigenvalue weighted by Crippen LogP contribution is -2.29. The Morgan fingerprint density at radius 2 is 1.87 bits per heavy atom. The highest BCUT2D eigenvalue weighted by Gasteiger charge is 2.61. The average molecular weight is 312 g/mol. The molecule has 6 nitrogen and oxygen atoms in total. The van der Waals surface area contributed by atoms with Gasteiger partial charge in [-0.25, -0.2) is 4.79 Å². The zero-order chi connectivity index (χ0) is 16.4. The zero-order valence-corrected chi connectivity index (χ0v) is 12.6. The first kappa shape index (κ1) is 15.0. The minimum absolute atomic E-state index is 0.000306. The lowest BCUT2D eigenvalue weighted by atomic mass is 9.98. The standard InChI is InChI=1S/C17H16N2O4/c1-2-23-16(20)17(12-18(17)14-6-4-3-5-7-14)13-8-10-15(11-9-13)19(21)22/h3-11H,2,12H2,1H3. The number of benzene rings is 2. The fourth-order valence-corrected chi connectivity index (χ4v) is 2.76. The molecule has 0 N–H and O–H groups in total. The first-order chi connectivity index (χ1) is 11.1. The van der Waals surface area contributed by atoms with E-state index < -0.39 is 10.5 Å². The Hall–Kier alpha value is -2.89. The second-order valence-electron chi connectivity index (χ2n) is 5.31. The molecule has 0 radical (unpaired) electrons. The van der Waals surface area contributed by atoms with Crippen LogP contribution in [0.15, 0.2) is 54.6 Å². The van der Waals surface area contributed by atoms with Crippen LogP contribution in [0, 0.1) is 10.1 Å². The van der Waals surface area contributed by atoms with E-state index >= 15 is 0 Å². The number of rotatable bonds is 5. The van der Waals surface area contributed by atoms with Crippen LogP contribution in [0.3, 0.4) is 0 Å². The maximum Gasteiger partial charge on any atom is 0.338 e. The van der Waals surface area contributed by atoms with E-state index in [-0.39, 0.29) is 18.3 Å². The predicted molar refractivity (Wildman–Crippen MR) is 85.2 cm³/mol. The zero-order valence-electron chi connectivity index (χ0n) is 12.6. The molecule has 1 fully saturated rings. The highest BCUT2D eigenvalue weighted by atomic mass is 16.6. The second kappa shape index (κ2) is 5.72. The molecule has 3 rings (SSSR count). The summed E-state index contributed by atoms with van der Waals surface area (Å²) >= 11 is 0. The van der Waals surface area contributed by atoms with Crippen molar-refractivity contribution in [1.82, 2.24) is 0 Å². The molecule has 0 saturated carbocycles. The Labute approximate surface area is 133 Å². The van der Waals surface area contributed by atoms with E-state index in [9.17, 15) is 14.9 Å². The molecule has 1 unspecified atom stereocenters. The summed E-state index contributed by atoms with van der Waals surface area (Å²) in [6.45, 7) is 2.54. The second-order valence-corrected chi connectivity index (χ2v) is 5.31. The molecule has 2 aromatic carbocycles. The molecular weight excluding hydrogens is 296 g/mol. The molecule has 0 bridgehead atoms. The quantitative estimate of drug-likeness (QED) is 0.367. The van der Waals surface area contributed by atoms with Crippen LogP contribution in [-0.4, -0.2) is 24.0 Å². The monoisotopic (exact) mass is 312 g/mol. The lowest BCUT2D eigenvalue weighted by molar-refractivity contribution is -0.384. The van der Waals surface area contributed by atoms with Crippen LogP contribution in [0.4, 0.5) is 11.4 Å². The van der Waals surface area contributed by atoms with Crippen molar-refractivity contribution < 1.29 is 14.5 Å². The van der Waals surface area contributed by atoms with E-state index in [4.69, 9.17) is 4.74 Å². The molecule has 0 aromatic heterocycles. The normalized spacial score (nSPS) is 19.3. The number of carbonyl (C=O) groups is 1. The summed E-state index contributed by atoms with van der Waals surface area (Å²) in [6.07, 6.45) is 0. The van der Waals surface area contributed by atoms with Gasteiger partial charge in [-0.3, -0.25) is 10.1 Å². The Kier molecular flexibility index (Phi) is 3.73. The topological polar surface area (TPSA) is 72.5 Å². The maximum atomic E-state index is 12.5. The van der Waals surface area contributed by atoms with Gasteiger partial charge in [-0.05, 0) is 36.8 Å². The molecule has 0 spiro atoms. The van der Waals surface area contributed by atoms with E-state index in [1.54, 1.807) is 19.1 Å². The van der Waals surface area contributed by atoms with Gasteiger partial charge in [0.15, 0.2) is 5.54 Å². The van der Waals surface area contributed by atoms with Crippen molar-refractivity contribution in [3.63, 3.8) is 0 Å². The van der Waals surface area contributed by atoms with Crippen LogP contribution in [0.1, 0.15) is 12.5 Å². The van der Waals surface area contributed by atoms with Gasteiger partial charge in [0.1, 0.15) is 0 Å².